The van der Waals surface area contributed by atoms with Crippen LogP contribution in [0.1, 0.15) is 30.7 Å². The van der Waals surface area contributed by atoms with Crippen molar-refractivity contribution in [3.8, 4) is 0 Å². The molecule has 0 spiro atoms. The minimum absolute atomic E-state index is 0.0188. The van der Waals surface area contributed by atoms with Gasteiger partial charge in [-0.05, 0) is 42.4 Å². The summed E-state index contributed by atoms with van der Waals surface area (Å²) in [5, 5.41) is 17.8. The van der Waals surface area contributed by atoms with Crippen molar-refractivity contribution >= 4 is 27.9 Å². The fraction of sp³-hybridized carbons (Fsp3) is 0.429. The second-order valence-electron chi connectivity index (χ2n) is 4.93. The molecule has 0 heterocycles. The quantitative estimate of drug-likeness (QED) is 0.842. The summed E-state index contributed by atoms with van der Waals surface area (Å²) >= 11 is 3.36. The van der Waals surface area contributed by atoms with E-state index in [-0.39, 0.29) is 24.2 Å². The Balaban J connectivity index is 2.12. The number of rotatable bonds is 6. The van der Waals surface area contributed by atoms with Gasteiger partial charge in [0.2, 0.25) is 0 Å². The van der Waals surface area contributed by atoms with Crippen LogP contribution in [0.15, 0.2) is 28.7 Å². The second-order valence-corrected chi connectivity index (χ2v) is 5.85. The highest BCUT2D eigenvalue weighted by atomic mass is 79.9. The zero-order valence-electron chi connectivity index (χ0n) is 10.3. The first-order valence-electron chi connectivity index (χ1n) is 6.19. The smallest absolute Gasteiger partial charge is 0.306 e. The number of halogens is 1. The number of carbonyl (C=O) groups is 2. The molecule has 3 unspecified atom stereocenters. The van der Waals surface area contributed by atoms with Gasteiger partial charge in [-0.3, -0.25) is 9.59 Å². The molecule has 19 heavy (non-hydrogen) atoms. The number of carboxylic acids is 2. The van der Waals surface area contributed by atoms with E-state index in [1.165, 1.54) is 0 Å². The van der Waals surface area contributed by atoms with Crippen LogP contribution in [0, 0.1) is 11.8 Å². The van der Waals surface area contributed by atoms with Crippen molar-refractivity contribution in [1.82, 2.24) is 0 Å². The maximum Gasteiger partial charge on any atom is 0.306 e. The molecule has 2 rings (SSSR count). The van der Waals surface area contributed by atoms with Gasteiger partial charge in [0.1, 0.15) is 0 Å². The van der Waals surface area contributed by atoms with Gasteiger partial charge >= 0.3 is 11.9 Å². The fourth-order valence-corrected chi connectivity index (χ4v) is 2.82. The Bertz CT molecular complexity index is 483. The fourth-order valence-electron chi connectivity index (χ4n) is 2.56. The summed E-state index contributed by atoms with van der Waals surface area (Å²) in [5.74, 6) is -1.84. The molecule has 1 aromatic carbocycles. The summed E-state index contributed by atoms with van der Waals surface area (Å²) in [6, 6.07) is 7.68. The first kappa shape index (κ1) is 14.1. The van der Waals surface area contributed by atoms with Crippen LogP contribution in [0.5, 0.6) is 0 Å². The lowest BCUT2D eigenvalue weighted by Crippen LogP contribution is -2.09. The maximum absolute atomic E-state index is 11.0. The third-order valence-corrected chi connectivity index (χ3v) is 4.17. The molecule has 2 N–H and O–H groups in total. The van der Waals surface area contributed by atoms with Crippen LogP contribution in [-0.2, 0) is 9.59 Å². The molecule has 0 aliphatic heterocycles. The maximum atomic E-state index is 11.0. The van der Waals surface area contributed by atoms with E-state index >= 15 is 0 Å². The molecule has 0 aromatic heterocycles. The Hall–Kier alpha value is -1.36. The molecule has 1 aliphatic rings. The molecule has 1 saturated carbocycles. The third-order valence-electron chi connectivity index (χ3n) is 3.64. The standard InChI is InChI=1S/C14H15BrO4/c15-9-3-1-8(2-4-9)10(5-6-13(16)17)11-7-12(11)14(18)19/h1-4,10-12H,5-7H2,(H,16,17)(H,18,19). The number of hydrogen-bond acceptors (Lipinski definition) is 2. The van der Waals surface area contributed by atoms with Crippen LogP contribution in [-0.4, -0.2) is 22.2 Å². The van der Waals surface area contributed by atoms with E-state index in [0.717, 1.165) is 10.0 Å². The molecule has 1 aromatic rings. The molecule has 0 bridgehead atoms. The molecule has 0 radical (unpaired) electrons. The summed E-state index contributed by atoms with van der Waals surface area (Å²) < 4.78 is 0.957. The van der Waals surface area contributed by atoms with Crippen LogP contribution >= 0.6 is 15.9 Å². The molecular weight excluding hydrogens is 312 g/mol. The van der Waals surface area contributed by atoms with Crippen LogP contribution in [0.3, 0.4) is 0 Å². The number of hydrogen-bond donors (Lipinski definition) is 2. The average Bonchev–Trinajstić information content (AvgIpc) is 3.11. The zero-order valence-corrected chi connectivity index (χ0v) is 11.8. The largest absolute Gasteiger partial charge is 0.481 e. The van der Waals surface area contributed by atoms with E-state index in [2.05, 4.69) is 15.9 Å². The lowest BCUT2D eigenvalue weighted by molar-refractivity contribution is -0.139. The summed E-state index contributed by atoms with van der Waals surface area (Å²) in [6.45, 7) is 0. The second kappa shape index (κ2) is 5.74. The number of aliphatic carboxylic acids is 2. The summed E-state index contributed by atoms with van der Waals surface area (Å²) in [6.07, 6.45) is 1.21. The van der Waals surface area contributed by atoms with E-state index in [9.17, 15) is 9.59 Å². The van der Waals surface area contributed by atoms with Crippen molar-refractivity contribution in [3.63, 3.8) is 0 Å². The summed E-state index contributed by atoms with van der Waals surface area (Å²) in [7, 11) is 0. The molecule has 102 valence electrons. The van der Waals surface area contributed by atoms with Crippen molar-refractivity contribution in [2.45, 2.75) is 25.2 Å². The monoisotopic (exact) mass is 326 g/mol. The third kappa shape index (κ3) is 3.56. The van der Waals surface area contributed by atoms with Gasteiger partial charge in [-0.2, -0.15) is 0 Å². The van der Waals surface area contributed by atoms with Crippen molar-refractivity contribution < 1.29 is 19.8 Å². The molecule has 0 amide bonds. The lowest BCUT2D eigenvalue weighted by atomic mass is 9.89. The number of benzene rings is 1. The lowest BCUT2D eigenvalue weighted by Gasteiger charge is -2.16. The molecule has 3 atom stereocenters. The molecule has 5 heteroatoms. The predicted octanol–water partition coefficient (Wildman–Crippen LogP) is 3.12. The van der Waals surface area contributed by atoms with E-state index in [1.807, 2.05) is 24.3 Å². The van der Waals surface area contributed by atoms with Gasteiger partial charge in [-0.25, -0.2) is 0 Å². The minimum atomic E-state index is -0.838. The molecule has 0 saturated heterocycles. The summed E-state index contributed by atoms with van der Waals surface area (Å²) in [4.78, 5) is 21.7. The van der Waals surface area contributed by atoms with Crippen LogP contribution in [0.25, 0.3) is 0 Å². The van der Waals surface area contributed by atoms with Crippen LogP contribution < -0.4 is 0 Å². The highest BCUT2D eigenvalue weighted by Crippen LogP contribution is 2.50. The topological polar surface area (TPSA) is 74.6 Å². The van der Waals surface area contributed by atoms with Crippen molar-refractivity contribution in [1.29, 1.82) is 0 Å². The van der Waals surface area contributed by atoms with Crippen molar-refractivity contribution in [2.24, 2.45) is 11.8 Å². The normalized spacial score (nSPS) is 22.8. The Labute approximate surface area is 119 Å². The number of carboxylic acid groups (broad SMARTS) is 2. The first-order valence-corrected chi connectivity index (χ1v) is 6.98. The van der Waals surface area contributed by atoms with Crippen LogP contribution in [0.2, 0.25) is 0 Å². The Morgan fingerprint density at radius 3 is 2.37 bits per heavy atom. The molecule has 1 fully saturated rings. The highest BCUT2D eigenvalue weighted by molar-refractivity contribution is 9.10. The average molecular weight is 327 g/mol. The van der Waals surface area contributed by atoms with Gasteiger partial charge in [-0.15, -0.1) is 0 Å². The Morgan fingerprint density at radius 2 is 1.89 bits per heavy atom. The highest BCUT2D eigenvalue weighted by Gasteiger charge is 2.48. The van der Waals surface area contributed by atoms with Crippen molar-refractivity contribution in [3.05, 3.63) is 34.3 Å². The first-order chi connectivity index (χ1) is 8.99. The van der Waals surface area contributed by atoms with Gasteiger partial charge in [0, 0.05) is 10.9 Å². The van der Waals surface area contributed by atoms with Gasteiger partial charge in [0.25, 0.3) is 0 Å². The SMILES string of the molecule is O=C(O)CCC(c1ccc(Br)cc1)C1CC1C(=O)O. The van der Waals surface area contributed by atoms with E-state index in [4.69, 9.17) is 10.2 Å². The molecular formula is C14H15BrO4. The zero-order chi connectivity index (χ0) is 14.0. The van der Waals surface area contributed by atoms with E-state index in [0.29, 0.717) is 12.8 Å². The van der Waals surface area contributed by atoms with Gasteiger partial charge in [0.15, 0.2) is 0 Å². The minimum Gasteiger partial charge on any atom is -0.481 e. The Kier molecular flexibility index (Phi) is 4.24. The van der Waals surface area contributed by atoms with Crippen molar-refractivity contribution in [2.75, 3.05) is 0 Å². The Morgan fingerprint density at radius 1 is 1.26 bits per heavy atom. The predicted molar refractivity (Wildman–Crippen MR) is 73.0 cm³/mol. The van der Waals surface area contributed by atoms with Gasteiger partial charge in [0.05, 0.1) is 5.92 Å². The summed E-state index contributed by atoms with van der Waals surface area (Å²) in [5.41, 5.74) is 1.03. The van der Waals surface area contributed by atoms with E-state index < -0.39 is 11.9 Å². The molecule has 4 nitrogen and oxygen atoms in total. The van der Waals surface area contributed by atoms with Gasteiger partial charge < -0.3 is 10.2 Å². The molecule has 1 aliphatic carbocycles. The van der Waals surface area contributed by atoms with Crippen LogP contribution in [0.4, 0.5) is 0 Å². The van der Waals surface area contributed by atoms with Gasteiger partial charge in [-0.1, -0.05) is 28.1 Å². The van der Waals surface area contributed by atoms with E-state index in [1.54, 1.807) is 0 Å².